The van der Waals surface area contributed by atoms with E-state index in [2.05, 4.69) is 10.5 Å². The smallest absolute Gasteiger partial charge is 0.264 e. The minimum atomic E-state index is -0.274. The second kappa shape index (κ2) is 7.65. The fourth-order valence-corrected chi connectivity index (χ4v) is 1.63. The third-order valence-corrected chi connectivity index (χ3v) is 2.73. The van der Waals surface area contributed by atoms with Gasteiger partial charge in [0, 0.05) is 6.08 Å². The number of nitrogens with zero attached hydrogens (tertiary/aromatic N) is 1. The minimum absolute atomic E-state index is 0.274. The Morgan fingerprint density at radius 3 is 2.43 bits per heavy atom. The molecule has 2 rings (SSSR count). The molecule has 0 fully saturated rings. The Balaban J connectivity index is 1.85. The number of amides is 1. The predicted octanol–water partition coefficient (Wildman–Crippen LogP) is 2.86. The maximum Gasteiger partial charge on any atom is 0.264 e. The minimum Gasteiger partial charge on any atom is -0.497 e. The summed E-state index contributed by atoms with van der Waals surface area (Å²) in [4.78, 5) is 11.6. The topological polar surface area (TPSA) is 50.7 Å². The molecule has 0 aliphatic rings. The van der Waals surface area contributed by atoms with Gasteiger partial charge in [-0.15, -0.1) is 0 Å². The Kier molecular flexibility index (Phi) is 5.29. The lowest BCUT2D eigenvalue weighted by molar-refractivity contribution is -0.116. The number of methoxy groups -OCH3 is 1. The van der Waals surface area contributed by atoms with Gasteiger partial charge < -0.3 is 4.74 Å². The third kappa shape index (κ3) is 4.95. The summed E-state index contributed by atoms with van der Waals surface area (Å²) in [7, 11) is 1.61. The van der Waals surface area contributed by atoms with Crippen LogP contribution in [0.4, 0.5) is 0 Å². The van der Waals surface area contributed by atoms with Crippen molar-refractivity contribution in [3.05, 3.63) is 71.8 Å². The van der Waals surface area contributed by atoms with Crippen LogP contribution in [0.3, 0.4) is 0 Å². The highest BCUT2D eigenvalue weighted by Crippen LogP contribution is 2.09. The number of carbonyl (C=O) groups excluding carboxylic acids is 1. The molecular formula is C17H16N2O2. The lowest BCUT2D eigenvalue weighted by atomic mass is 10.2. The molecule has 4 nitrogen and oxygen atoms in total. The molecular weight excluding hydrogens is 264 g/mol. The summed E-state index contributed by atoms with van der Waals surface area (Å²) in [5, 5.41) is 3.89. The average molecular weight is 280 g/mol. The number of hydrogen-bond acceptors (Lipinski definition) is 3. The quantitative estimate of drug-likeness (QED) is 0.520. The second-order valence-corrected chi connectivity index (χ2v) is 4.25. The lowest BCUT2D eigenvalue weighted by Gasteiger charge is -1.98. The summed E-state index contributed by atoms with van der Waals surface area (Å²) in [5.41, 5.74) is 4.28. The van der Waals surface area contributed by atoms with Gasteiger partial charge in [-0.1, -0.05) is 30.3 Å². The van der Waals surface area contributed by atoms with Crippen molar-refractivity contribution >= 4 is 18.2 Å². The summed E-state index contributed by atoms with van der Waals surface area (Å²) in [6.45, 7) is 0. The Hall–Kier alpha value is -2.88. The van der Waals surface area contributed by atoms with Crippen LogP contribution >= 0.6 is 0 Å². The first kappa shape index (κ1) is 14.5. The first-order valence-corrected chi connectivity index (χ1v) is 6.48. The van der Waals surface area contributed by atoms with Crippen LogP contribution < -0.4 is 10.2 Å². The molecule has 0 unspecified atom stereocenters. The van der Waals surface area contributed by atoms with E-state index < -0.39 is 0 Å². The molecule has 106 valence electrons. The summed E-state index contributed by atoms with van der Waals surface area (Å²) in [6.07, 6.45) is 4.76. The summed E-state index contributed by atoms with van der Waals surface area (Å²) >= 11 is 0. The van der Waals surface area contributed by atoms with Crippen LogP contribution in [-0.2, 0) is 4.79 Å². The van der Waals surface area contributed by atoms with E-state index in [1.807, 2.05) is 54.6 Å². The molecule has 0 saturated heterocycles. The molecule has 2 aromatic rings. The number of ether oxygens (including phenoxy) is 1. The van der Waals surface area contributed by atoms with Gasteiger partial charge in [-0.2, -0.15) is 5.10 Å². The van der Waals surface area contributed by atoms with Gasteiger partial charge in [-0.25, -0.2) is 5.43 Å². The van der Waals surface area contributed by atoms with Crippen LogP contribution in [-0.4, -0.2) is 19.2 Å². The Morgan fingerprint density at radius 1 is 1.05 bits per heavy atom. The standard InChI is InChI=1S/C17H16N2O2/c1-21-16-10-7-15(8-11-16)13-18-19-17(20)12-9-14-5-3-2-4-6-14/h2-13H,1H3,(H,19,20)/b12-9+,18-13+. The zero-order valence-corrected chi connectivity index (χ0v) is 11.7. The van der Waals surface area contributed by atoms with Crippen LogP contribution in [0.1, 0.15) is 11.1 Å². The SMILES string of the molecule is COc1ccc(/C=N/NC(=O)/C=C/c2ccccc2)cc1. The van der Waals surface area contributed by atoms with Gasteiger partial charge in [-0.05, 0) is 41.5 Å². The molecule has 21 heavy (non-hydrogen) atoms. The summed E-state index contributed by atoms with van der Waals surface area (Å²) in [6, 6.07) is 17.0. The fraction of sp³-hybridized carbons (Fsp3) is 0.0588. The van der Waals surface area contributed by atoms with Crippen LogP contribution in [0.15, 0.2) is 65.8 Å². The van der Waals surface area contributed by atoms with Crippen LogP contribution in [0, 0.1) is 0 Å². The molecule has 0 aliphatic carbocycles. The van der Waals surface area contributed by atoms with Crippen molar-refractivity contribution in [1.82, 2.24) is 5.43 Å². The van der Waals surface area contributed by atoms with Gasteiger partial charge in [0.2, 0.25) is 0 Å². The molecule has 0 radical (unpaired) electrons. The van der Waals surface area contributed by atoms with Gasteiger partial charge >= 0.3 is 0 Å². The fourth-order valence-electron chi connectivity index (χ4n) is 1.63. The van der Waals surface area contributed by atoms with Crippen molar-refractivity contribution in [2.24, 2.45) is 5.10 Å². The lowest BCUT2D eigenvalue weighted by Crippen LogP contribution is -2.14. The molecule has 1 amide bonds. The second-order valence-electron chi connectivity index (χ2n) is 4.25. The van der Waals surface area contributed by atoms with Gasteiger partial charge in [0.25, 0.3) is 5.91 Å². The van der Waals surface area contributed by atoms with Crippen LogP contribution in [0.25, 0.3) is 6.08 Å². The van der Waals surface area contributed by atoms with E-state index >= 15 is 0 Å². The number of rotatable bonds is 5. The van der Waals surface area contributed by atoms with E-state index in [1.54, 1.807) is 19.4 Å². The molecule has 0 heterocycles. The number of benzene rings is 2. The molecule has 0 atom stereocenters. The first-order chi connectivity index (χ1) is 10.3. The number of hydrazone groups is 1. The van der Waals surface area contributed by atoms with Crippen molar-refractivity contribution in [3.8, 4) is 5.75 Å². The summed E-state index contributed by atoms with van der Waals surface area (Å²) < 4.78 is 5.06. The molecule has 0 saturated carbocycles. The maximum absolute atomic E-state index is 11.6. The highest BCUT2D eigenvalue weighted by Gasteiger charge is 1.93. The predicted molar refractivity (Wildman–Crippen MR) is 84.2 cm³/mol. The van der Waals surface area contributed by atoms with Gasteiger partial charge in [0.1, 0.15) is 5.75 Å². The highest BCUT2D eigenvalue weighted by molar-refractivity contribution is 5.92. The number of nitrogens with one attached hydrogen (secondary N) is 1. The van der Waals surface area contributed by atoms with Crippen molar-refractivity contribution in [1.29, 1.82) is 0 Å². The summed E-state index contributed by atoms with van der Waals surface area (Å²) in [5.74, 6) is 0.505. The van der Waals surface area contributed by atoms with Gasteiger partial charge in [0.05, 0.1) is 13.3 Å². The average Bonchev–Trinajstić information content (AvgIpc) is 2.54. The van der Waals surface area contributed by atoms with E-state index in [-0.39, 0.29) is 5.91 Å². The van der Waals surface area contributed by atoms with E-state index in [0.29, 0.717) is 0 Å². The van der Waals surface area contributed by atoms with Crippen LogP contribution in [0.2, 0.25) is 0 Å². The molecule has 0 aliphatic heterocycles. The normalized spacial score (nSPS) is 10.9. The van der Waals surface area contributed by atoms with Gasteiger partial charge in [-0.3, -0.25) is 4.79 Å². The molecule has 1 N–H and O–H groups in total. The first-order valence-electron chi connectivity index (χ1n) is 6.48. The Labute approximate surface area is 123 Å². The van der Waals surface area contributed by atoms with Crippen molar-refractivity contribution < 1.29 is 9.53 Å². The largest absolute Gasteiger partial charge is 0.497 e. The van der Waals surface area contributed by atoms with Crippen molar-refractivity contribution in [2.75, 3.05) is 7.11 Å². The van der Waals surface area contributed by atoms with E-state index in [9.17, 15) is 4.79 Å². The molecule has 2 aromatic carbocycles. The molecule has 0 aromatic heterocycles. The molecule has 0 spiro atoms. The zero-order chi connectivity index (χ0) is 14.9. The number of carbonyl (C=O) groups is 1. The van der Waals surface area contributed by atoms with Crippen LogP contribution in [0.5, 0.6) is 5.75 Å². The molecule has 0 bridgehead atoms. The van der Waals surface area contributed by atoms with E-state index in [4.69, 9.17) is 4.74 Å². The van der Waals surface area contributed by atoms with Crippen molar-refractivity contribution in [3.63, 3.8) is 0 Å². The van der Waals surface area contributed by atoms with Crippen molar-refractivity contribution in [2.45, 2.75) is 0 Å². The highest BCUT2D eigenvalue weighted by atomic mass is 16.5. The Morgan fingerprint density at radius 2 is 1.76 bits per heavy atom. The van der Waals surface area contributed by atoms with E-state index in [1.165, 1.54) is 6.08 Å². The Bertz CT molecular complexity index is 632. The van der Waals surface area contributed by atoms with E-state index in [0.717, 1.165) is 16.9 Å². The van der Waals surface area contributed by atoms with Gasteiger partial charge in [0.15, 0.2) is 0 Å². The third-order valence-electron chi connectivity index (χ3n) is 2.73. The molecule has 4 heteroatoms. The maximum atomic E-state index is 11.6. The zero-order valence-electron chi connectivity index (χ0n) is 11.7. The number of hydrogen-bond donors (Lipinski definition) is 1. The monoisotopic (exact) mass is 280 g/mol.